The number of anilines is 1. The van der Waals surface area contributed by atoms with Crippen molar-refractivity contribution in [3.63, 3.8) is 0 Å². The summed E-state index contributed by atoms with van der Waals surface area (Å²) in [6.07, 6.45) is 0.690. The van der Waals surface area contributed by atoms with Crippen LogP contribution in [0.15, 0.2) is 42.5 Å². The number of nitrogens with one attached hydrogen (secondary N) is 1. The normalized spacial score (nSPS) is 15.0. The number of hydrogen-bond acceptors (Lipinski definition) is 5. The van der Waals surface area contributed by atoms with Crippen LogP contribution >= 0.6 is 0 Å². The summed E-state index contributed by atoms with van der Waals surface area (Å²) in [5, 5.41) is 3.49. The van der Waals surface area contributed by atoms with Gasteiger partial charge in [-0.2, -0.15) is 0 Å². The van der Waals surface area contributed by atoms with Gasteiger partial charge in [0, 0.05) is 22.3 Å². The van der Waals surface area contributed by atoms with Gasteiger partial charge in [-0.1, -0.05) is 25.1 Å². The standard InChI is InChI=1S/C24H22N2O4/c1-4-18-14(3)22(16-7-5-6-8-19(16)25-18)24(29)30-12-21(27)15-9-10-20-17(11-15)13(2)23(28)26-20/h5-11,13H,4,12H2,1-3H3,(H,26,28)/t13-/m1/s1. The number of para-hydroxylation sites is 1. The molecule has 152 valence electrons. The summed E-state index contributed by atoms with van der Waals surface area (Å²) in [5.41, 5.74) is 4.68. The Hall–Kier alpha value is -3.54. The molecule has 0 fully saturated rings. The zero-order valence-electron chi connectivity index (χ0n) is 17.1. The van der Waals surface area contributed by atoms with Gasteiger partial charge in [-0.15, -0.1) is 0 Å². The van der Waals surface area contributed by atoms with Gasteiger partial charge in [0.15, 0.2) is 12.4 Å². The topological polar surface area (TPSA) is 85.4 Å². The molecule has 0 saturated heterocycles. The second-order valence-corrected chi connectivity index (χ2v) is 7.44. The maximum Gasteiger partial charge on any atom is 0.339 e. The highest BCUT2D eigenvalue weighted by Crippen LogP contribution is 2.32. The zero-order chi connectivity index (χ0) is 21.4. The molecule has 0 saturated carbocycles. The molecule has 1 aromatic heterocycles. The first kappa shape index (κ1) is 19.8. The van der Waals surface area contributed by atoms with Gasteiger partial charge in [-0.05, 0) is 55.7 Å². The predicted octanol–water partition coefficient (Wildman–Crippen LogP) is 4.20. The van der Waals surface area contributed by atoms with Gasteiger partial charge >= 0.3 is 5.97 Å². The number of pyridine rings is 1. The number of esters is 1. The van der Waals surface area contributed by atoms with Crippen LogP contribution in [0.5, 0.6) is 0 Å². The van der Waals surface area contributed by atoms with E-state index >= 15 is 0 Å². The van der Waals surface area contributed by atoms with Gasteiger partial charge in [0.05, 0.1) is 17.0 Å². The highest BCUT2D eigenvalue weighted by Gasteiger charge is 2.27. The molecular weight excluding hydrogens is 380 g/mol. The minimum absolute atomic E-state index is 0.0900. The lowest BCUT2D eigenvalue weighted by Gasteiger charge is -2.13. The largest absolute Gasteiger partial charge is 0.454 e. The highest BCUT2D eigenvalue weighted by molar-refractivity contribution is 6.07. The Morgan fingerprint density at radius 1 is 1.17 bits per heavy atom. The lowest BCUT2D eigenvalue weighted by molar-refractivity contribution is -0.116. The van der Waals surface area contributed by atoms with Crippen LogP contribution in [-0.2, 0) is 16.0 Å². The van der Waals surface area contributed by atoms with Gasteiger partial charge in [-0.25, -0.2) is 4.79 Å². The van der Waals surface area contributed by atoms with E-state index in [2.05, 4.69) is 10.3 Å². The van der Waals surface area contributed by atoms with Crippen LogP contribution in [0.3, 0.4) is 0 Å². The number of aromatic nitrogens is 1. The molecule has 3 aromatic rings. The van der Waals surface area contributed by atoms with Crippen molar-refractivity contribution in [2.24, 2.45) is 0 Å². The smallest absolute Gasteiger partial charge is 0.339 e. The van der Waals surface area contributed by atoms with Gasteiger partial charge in [-0.3, -0.25) is 14.6 Å². The van der Waals surface area contributed by atoms with Crippen LogP contribution < -0.4 is 5.32 Å². The molecule has 1 atom stereocenters. The molecular formula is C24H22N2O4. The number of ketones is 1. The van der Waals surface area contributed by atoms with E-state index < -0.39 is 5.97 Å². The third-order valence-electron chi connectivity index (χ3n) is 5.60. The molecule has 30 heavy (non-hydrogen) atoms. The van der Waals surface area contributed by atoms with Crippen molar-refractivity contribution in [3.05, 3.63) is 70.4 Å². The summed E-state index contributed by atoms with van der Waals surface area (Å²) >= 11 is 0. The molecule has 1 amide bonds. The van der Waals surface area contributed by atoms with E-state index in [1.807, 2.05) is 38.1 Å². The summed E-state index contributed by atoms with van der Waals surface area (Å²) in [5.74, 6) is -1.26. The van der Waals surface area contributed by atoms with E-state index in [-0.39, 0.29) is 24.2 Å². The number of ether oxygens (including phenoxy) is 1. The Labute approximate surface area is 174 Å². The Bertz CT molecular complexity index is 1200. The molecule has 0 aliphatic carbocycles. The number of aryl methyl sites for hydroxylation is 1. The first-order valence-corrected chi connectivity index (χ1v) is 9.94. The Morgan fingerprint density at radius 3 is 2.70 bits per heavy atom. The van der Waals surface area contributed by atoms with Gasteiger partial charge in [0.2, 0.25) is 5.91 Å². The maximum absolute atomic E-state index is 12.9. The molecule has 1 aliphatic rings. The molecule has 1 N–H and O–H groups in total. The average molecular weight is 402 g/mol. The third kappa shape index (κ3) is 3.34. The summed E-state index contributed by atoms with van der Waals surface area (Å²) in [6, 6.07) is 12.4. The maximum atomic E-state index is 12.9. The number of amides is 1. The minimum atomic E-state index is -0.541. The van der Waals surface area contributed by atoms with Crippen molar-refractivity contribution < 1.29 is 19.1 Å². The quantitative estimate of drug-likeness (QED) is 0.511. The molecule has 4 rings (SSSR count). The fourth-order valence-electron chi connectivity index (χ4n) is 3.84. The number of carbonyl (C=O) groups excluding carboxylic acids is 3. The average Bonchev–Trinajstić information content (AvgIpc) is 3.04. The van der Waals surface area contributed by atoms with E-state index in [1.165, 1.54) is 0 Å². The monoisotopic (exact) mass is 402 g/mol. The SMILES string of the molecule is CCc1nc2ccccc2c(C(=O)OCC(=O)c2ccc3c(c2)[C@@H](C)C(=O)N3)c1C. The van der Waals surface area contributed by atoms with Crippen LogP contribution in [0.25, 0.3) is 10.9 Å². The lowest BCUT2D eigenvalue weighted by Crippen LogP contribution is -2.16. The van der Waals surface area contributed by atoms with Crippen molar-refractivity contribution in [1.82, 2.24) is 4.98 Å². The van der Waals surface area contributed by atoms with Crippen molar-refractivity contribution in [1.29, 1.82) is 0 Å². The van der Waals surface area contributed by atoms with Gasteiger partial charge < -0.3 is 10.1 Å². The second-order valence-electron chi connectivity index (χ2n) is 7.44. The van der Waals surface area contributed by atoms with Crippen molar-refractivity contribution in [2.45, 2.75) is 33.1 Å². The summed E-state index contributed by atoms with van der Waals surface area (Å²) < 4.78 is 5.40. The molecule has 0 radical (unpaired) electrons. The molecule has 0 bridgehead atoms. The molecule has 2 aromatic carbocycles. The number of nitrogens with zero attached hydrogens (tertiary/aromatic N) is 1. The van der Waals surface area contributed by atoms with Gasteiger partial charge in [0.25, 0.3) is 0 Å². The van der Waals surface area contributed by atoms with E-state index in [0.29, 0.717) is 28.6 Å². The molecule has 0 unspecified atom stereocenters. The summed E-state index contributed by atoms with van der Waals surface area (Å²) in [6.45, 7) is 5.25. The van der Waals surface area contributed by atoms with E-state index in [9.17, 15) is 14.4 Å². The van der Waals surface area contributed by atoms with Crippen LogP contribution in [0.1, 0.15) is 57.3 Å². The van der Waals surface area contributed by atoms with E-state index in [4.69, 9.17) is 4.74 Å². The number of hydrogen-bond donors (Lipinski definition) is 1. The van der Waals surface area contributed by atoms with Crippen LogP contribution in [0.4, 0.5) is 5.69 Å². The number of carbonyl (C=O) groups is 3. The molecule has 1 aliphatic heterocycles. The van der Waals surface area contributed by atoms with E-state index in [1.54, 1.807) is 25.1 Å². The van der Waals surface area contributed by atoms with Crippen molar-refractivity contribution >= 4 is 34.3 Å². The minimum Gasteiger partial charge on any atom is -0.454 e. The molecule has 2 heterocycles. The first-order valence-electron chi connectivity index (χ1n) is 9.94. The Morgan fingerprint density at radius 2 is 1.93 bits per heavy atom. The number of benzene rings is 2. The summed E-state index contributed by atoms with van der Waals surface area (Å²) in [7, 11) is 0. The fourth-order valence-corrected chi connectivity index (χ4v) is 3.84. The Balaban J connectivity index is 1.57. The third-order valence-corrected chi connectivity index (χ3v) is 5.60. The van der Waals surface area contributed by atoms with E-state index in [0.717, 1.165) is 22.3 Å². The van der Waals surface area contributed by atoms with Gasteiger partial charge in [0.1, 0.15) is 0 Å². The highest BCUT2D eigenvalue weighted by atomic mass is 16.5. The Kier molecular flexibility index (Phi) is 5.08. The lowest BCUT2D eigenvalue weighted by atomic mass is 9.99. The second kappa shape index (κ2) is 7.71. The van der Waals surface area contributed by atoms with Crippen molar-refractivity contribution in [2.75, 3.05) is 11.9 Å². The molecule has 0 spiro atoms. The number of Topliss-reactive ketones (excluding diaryl/α,β-unsaturated/α-hetero) is 1. The fraction of sp³-hybridized carbons (Fsp3) is 0.250. The van der Waals surface area contributed by atoms with Crippen LogP contribution in [0, 0.1) is 6.92 Å². The van der Waals surface area contributed by atoms with Crippen LogP contribution in [-0.4, -0.2) is 29.3 Å². The number of fused-ring (bicyclic) bond motifs is 2. The molecule has 6 heteroatoms. The van der Waals surface area contributed by atoms with Crippen molar-refractivity contribution in [3.8, 4) is 0 Å². The number of rotatable bonds is 5. The predicted molar refractivity (Wildman–Crippen MR) is 114 cm³/mol. The summed E-state index contributed by atoms with van der Waals surface area (Å²) in [4.78, 5) is 42.0. The first-order chi connectivity index (χ1) is 14.4. The molecule has 6 nitrogen and oxygen atoms in total. The zero-order valence-corrected chi connectivity index (χ0v) is 17.1. The van der Waals surface area contributed by atoms with Crippen LogP contribution in [0.2, 0.25) is 0 Å².